The van der Waals surface area contributed by atoms with Crippen LogP contribution in [0, 0.1) is 0 Å². The zero-order valence-corrected chi connectivity index (χ0v) is 34.2. The Morgan fingerprint density at radius 1 is 0.361 bits per heavy atom. The lowest BCUT2D eigenvalue weighted by Gasteiger charge is -2.34. The minimum atomic E-state index is -0.511. The number of hydrogen-bond acceptors (Lipinski definition) is 2. The first kappa shape index (κ1) is 35.4. The number of rotatable bonds is 7. The first-order chi connectivity index (χ1) is 30.3. The summed E-state index contributed by atoms with van der Waals surface area (Å²) in [5.41, 5.74) is 15.5. The summed E-state index contributed by atoms with van der Waals surface area (Å²) in [7, 11) is 0. The Hall–Kier alpha value is -7.52. The molecule has 0 spiro atoms. The molecule has 0 bridgehead atoms. The SMILES string of the molecule is c1ccc(-c2cccc3sc4c(N(c5ccc(-c6cccc7ccccc67)cc5)c5cccc6c5-c5ccccc5C6(c5ccccc5)c5ccccc5)cccc4c23)cc1. The standard InChI is InChI=1S/C59H39NS/c1-4-18-41(19-5-1)48-29-16-35-55-56(48)50-30-15-34-54(58(50)61-55)60(45-38-36-42(37-39-45)47-28-14-21-40-20-10-11-26-46(40)47)53-33-17-32-52-57(53)49-27-12-13-31-51(49)59(52,43-22-6-2-7-23-43)44-24-8-3-9-25-44/h1-39H. The Morgan fingerprint density at radius 3 is 1.69 bits per heavy atom. The van der Waals surface area contributed by atoms with Crippen LogP contribution < -0.4 is 4.90 Å². The number of benzene rings is 10. The second kappa shape index (κ2) is 14.3. The molecule has 1 aliphatic carbocycles. The van der Waals surface area contributed by atoms with E-state index in [2.05, 4.69) is 241 Å². The molecule has 1 aromatic heterocycles. The summed E-state index contributed by atoms with van der Waals surface area (Å²) in [5.74, 6) is 0. The normalized spacial score (nSPS) is 12.7. The van der Waals surface area contributed by atoms with Gasteiger partial charge in [-0.25, -0.2) is 0 Å². The van der Waals surface area contributed by atoms with Crippen LogP contribution >= 0.6 is 11.3 Å². The molecule has 0 amide bonds. The van der Waals surface area contributed by atoms with Crippen LogP contribution in [0.1, 0.15) is 22.3 Å². The van der Waals surface area contributed by atoms with Gasteiger partial charge in [-0.1, -0.05) is 206 Å². The highest BCUT2D eigenvalue weighted by molar-refractivity contribution is 7.26. The Bertz CT molecular complexity index is 3360. The predicted molar refractivity (Wildman–Crippen MR) is 260 cm³/mol. The largest absolute Gasteiger partial charge is 0.308 e. The molecule has 0 saturated carbocycles. The highest BCUT2D eigenvalue weighted by atomic mass is 32.1. The quantitative estimate of drug-likeness (QED) is 0.155. The van der Waals surface area contributed by atoms with Crippen molar-refractivity contribution in [1.82, 2.24) is 0 Å². The second-order valence-electron chi connectivity index (χ2n) is 15.9. The van der Waals surface area contributed by atoms with Crippen LogP contribution in [0.5, 0.6) is 0 Å². The van der Waals surface area contributed by atoms with E-state index in [0.717, 1.165) is 11.4 Å². The monoisotopic (exact) mass is 793 g/mol. The number of fused-ring (bicyclic) bond motifs is 7. The molecule has 0 radical (unpaired) electrons. The minimum Gasteiger partial charge on any atom is -0.308 e. The molecule has 0 saturated heterocycles. The van der Waals surface area contributed by atoms with E-state index >= 15 is 0 Å². The molecule has 0 unspecified atom stereocenters. The van der Waals surface area contributed by atoms with E-state index in [4.69, 9.17) is 0 Å². The van der Waals surface area contributed by atoms with Crippen LogP contribution in [0.25, 0.3) is 64.3 Å². The summed E-state index contributed by atoms with van der Waals surface area (Å²) in [6.45, 7) is 0. The fraction of sp³-hybridized carbons (Fsp3) is 0.0169. The molecule has 0 fully saturated rings. The van der Waals surface area contributed by atoms with Gasteiger partial charge in [-0.05, 0) is 91.2 Å². The summed E-state index contributed by atoms with van der Waals surface area (Å²) < 4.78 is 2.55. The average molecular weight is 794 g/mol. The molecule has 0 N–H and O–H groups in total. The third kappa shape index (κ3) is 5.46. The Balaban J connectivity index is 1.15. The lowest BCUT2D eigenvalue weighted by molar-refractivity contribution is 0.768. The van der Waals surface area contributed by atoms with E-state index in [1.54, 1.807) is 0 Å². The van der Waals surface area contributed by atoms with Gasteiger partial charge in [0.15, 0.2) is 0 Å². The predicted octanol–water partition coefficient (Wildman–Crippen LogP) is 16.4. The van der Waals surface area contributed by atoms with Gasteiger partial charge in [-0.3, -0.25) is 0 Å². The number of anilines is 3. The van der Waals surface area contributed by atoms with Crippen LogP contribution in [0.4, 0.5) is 17.1 Å². The van der Waals surface area contributed by atoms with Crippen molar-refractivity contribution in [3.63, 3.8) is 0 Å². The number of hydrogen-bond donors (Lipinski definition) is 0. The third-order valence-electron chi connectivity index (χ3n) is 12.8. The van der Waals surface area contributed by atoms with Crippen LogP contribution in [0.15, 0.2) is 237 Å². The Morgan fingerprint density at radius 2 is 0.902 bits per heavy atom. The van der Waals surface area contributed by atoms with E-state index in [1.165, 1.54) is 92.3 Å². The van der Waals surface area contributed by atoms with Gasteiger partial charge in [0.25, 0.3) is 0 Å². The van der Waals surface area contributed by atoms with Crippen molar-refractivity contribution in [3.8, 4) is 33.4 Å². The smallest absolute Gasteiger partial charge is 0.0714 e. The molecular formula is C59H39NS. The van der Waals surface area contributed by atoms with E-state index in [1.807, 2.05) is 11.3 Å². The van der Waals surface area contributed by atoms with Gasteiger partial charge in [0.05, 0.1) is 21.5 Å². The fourth-order valence-corrected chi connectivity index (χ4v) is 11.4. The maximum absolute atomic E-state index is 2.54. The maximum Gasteiger partial charge on any atom is 0.0714 e. The highest BCUT2D eigenvalue weighted by Gasteiger charge is 2.47. The van der Waals surface area contributed by atoms with Crippen molar-refractivity contribution in [1.29, 1.82) is 0 Å². The van der Waals surface area contributed by atoms with Crippen LogP contribution in [0.3, 0.4) is 0 Å². The van der Waals surface area contributed by atoms with Gasteiger partial charge in [-0.2, -0.15) is 0 Å². The van der Waals surface area contributed by atoms with Gasteiger partial charge < -0.3 is 4.90 Å². The Labute approximate surface area is 360 Å². The lowest BCUT2D eigenvalue weighted by atomic mass is 9.68. The van der Waals surface area contributed by atoms with Crippen molar-refractivity contribution in [2.24, 2.45) is 0 Å². The second-order valence-corrected chi connectivity index (χ2v) is 17.0. The molecular weight excluding hydrogens is 755 g/mol. The third-order valence-corrected chi connectivity index (χ3v) is 13.9. The first-order valence-corrected chi connectivity index (χ1v) is 21.8. The molecule has 286 valence electrons. The van der Waals surface area contributed by atoms with Crippen molar-refractivity contribution in [2.75, 3.05) is 4.90 Å². The molecule has 0 atom stereocenters. The van der Waals surface area contributed by atoms with Crippen LogP contribution in [-0.2, 0) is 5.41 Å². The van der Waals surface area contributed by atoms with Gasteiger partial charge >= 0.3 is 0 Å². The summed E-state index contributed by atoms with van der Waals surface area (Å²) in [5, 5.41) is 5.08. The van der Waals surface area contributed by atoms with Crippen molar-refractivity contribution in [2.45, 2.75) is 5.41 Å². The molecule has 10 aromatic carbocycles. The van der Waals surface area contributed by atoms with E-state index in [9.17, 15) is 0 Å². The number of thiophene rings is 1. The highest BCUT2D eigenvalue weighted by Crippen LogP contribution is 2.60. The summed E-state index contributed by atoms with van der Waals surface area (Å²) >= 11 is 1.89. The molecule has 2 heteroatoms. The van der Waals surface area contributed by atoms with E-state index < -0.39 is 5.41 Å². The van der Waals surface area contributed by atoms with Crippen molar-refractivity contribution < 1.29 is 0 Å². The molecule has 11 aromatic rings. The zero-order chi connectivity index (χ0) is 40.3. The molecule has 1 aliphatic rings. The van der Waals surface area contributed by atoms with E-state index in [-0.39, 0.29) is 0 Å². The Kier molecular flexibility index (Phi) is 8.33. The molecule has 0 aliphatic heterocycles. The minimum absolute atomic E-state index is 0.511. The molecule has 1 heterocycles. The fourth-order valence-electron chi connectivity index (χ4n) is 10.2. The summed E-state index contributed by atoms with van der Waals surface area (Å²) in [4.78, 5) is 2.54. The van der Waals surface area contributed by atoms with Crippen molar-refractivity contribution >= 4 is 59.3 Å². The topological polar surface area (TPSA) is 3.24 Å². The van der Waals surface area contributed by atoms with Gasteiger partial charge in [0.2, 0.25) is 0 Å². The summed E-state index contributed by atoms with van der Waals surface area (Å²) in [6, 6.07) is 87.2. The average Bonchev–Trinajstić information content (AvgIpc) is 3.88. The first-order valence-electron chi connectivity index (χ1n) is 21.0. The molecule has 61 heavy (non-hydrogen) atoms. The van der Waals surface area contributed by atoms with E-state index in [0.29, 0.717) is 0 Å². The number of nitrogens with zero attached hydrogens (tertiary/aromatic N) is 1. The zero-order valence-electron chi connectivity index (χ0n) is 33.4. The van der Waals surface area contributed by atoms with Crippen molar-refractivity contribution in [3.05, 3.63) is 259 Å². The van der Waals surface area contributed by atoms with Crippen LogP contribution in [0.2, 0.25) is 0 Å². The molecule has 1 nitrogen and oxygen atoms in total. The van der Waals surface area contributed by atoms with Crippen LogP contribution in [-0.4, -0.2) is 0 Å². The summed E-state index contributed by atoms with van der Waals surface area (Å²) in [6.07, 6.45) is 0. The lowest BCUT2D eigenvalue weighted by Crippen LogP contribution is -2.28. The molecule has 12 rings (SSSR count). The van der Waals surface area contributed by atoms with Gasteiger partial charge in [0, 0.05) is 26.7 Å². The van der Waals surface area contributed by atoms with Gasteiger partial charge in [0.1, 0.15) is 0 Å². The maximum atomic E-state index is 2.54. The van der Waals surface area contributed by atoms with Gasteiger partial charge in [-0.15, -0.1) is 11.3 Å².